The molecule has 11 heteroatoms. The van der Waals surface area contributed by atoms with Gasteiger partial charge in [-0.1, -0.05) is 0 Å². The van der Waals surface area contributed by atoms with Crippen LogP contribution in [0.3, 0.4) is 0 Å². The van der Waals surface area contributed by atoms with E-state index in [4.69, 9.17) is 27.7 Å². The summed E-state index contributed by atoms with van der Waals surface area (Å²) in [6, 6.07) is 0. The minimum absolute atomic E-state index is 0.454. The summed E-state index contributed by atoms with van der Waals surface area (Å²) >= 11 is 0. The molecule has 0 heterocycles. The number of rotatable bonds is 6. The zero-order valence-corrected chi connectivity index (χ0v) is 18.0. The van der Waals surface area contributed by atoms with E-state index in [-0.39, 0.29) is 0 Å². The normalized spacial score (nSPS) is 13.1. The smallest absolute Gasteiger partial charge is 0.430 e. The predicted molar refractivity (Wildman–Crippen MR) is 92.6 cm³/mol. The van der Waals surface area contributed by atoms with Crippen molar-refractivity contribution in [2.45, 2.75) is 58.9 Å². The molecule has 0 saturated carbocycles. The van der Waals surface area contributed by atoms with Crippen LogP contribution in [0.1, 0.15) is 0 Å². The molecule has 6 nitrogen and oxygen atoms in total. The summed E-state index contributed by atoms with van der Waals surface area (Å²) in [5, 5.41) is 0. The fourth-order valence-corrected chi connectivity index (χ4v) is 3.25. The molecule has 0 aliphatic rings. The van der Waals surface area contributed by atoms with Gasteiger partial charge in [0.15, 0.2) is 25.0 Å². The Kier molecular flexibility index (Phi) is 10.6. The number of hydrogen-bond acceptors (Lipinski definition) is 6. The molecule has 0 atom stereocenters. The van der Waals surface area contributed by atoms with E-state index < -0.39 is 40.9 Å². The Morgan fingerprint density at radius 2 is 0.750 bits per heavy atom. The predicted octanol–water partition coefficient (Wildman–Crippen LogP) is 2.72. The highest BCUT2D eigenvalue weighted by molar-refractivity contribution is 7.38. The van der Waals surface area contributed by atoms with E-state index in [1.165, 1.54) is 0 Å². The molecule has 0 rings (SSSR count). The highest BCUT2D eigenvalue weighted by atomic mass is 31.2. The molecule has 0 saturated heterocycles. The molecule has 0 fully saturated rings. The Hall–Kier alpha value is 0.906. The topological polar surface area (TPSA) is 88.4 Å². The highest BCUT2D eigenvalue weighted by Gasteiger charge is 2.36. The van der Waals surface area contributed by atoms with Gasteiger partial charge in [0.05, 0.1) is 0 Å². The van der Waals surface area contributed by atoms with Crippen molar-refractivity contribution < 1.29 is 27.7 Å². The van der Waals surface area contributed by atoms with Crippen LogP contribution in [0.15, 0.2) is 0 Å². The summed E-state index contributed by atoms with van der Waals surface area (Å²) in [4.78, 5) is 21.7. The molecule has 0 aromatic carbocycles. The van der Waals surface area contributed by atoms with Crippen LogP contribution in [0.4, 0.5) is 0 Å². The van der Waals surface area contributed by atoms with E-state index in [1.807, 2.05) is 0 Å². The van der Waals surface area contributed by atoms with Crippen molar-refractivity contribution in [1.82, 2.24) is 0 Å². The molecule has 0 aromatic heterocycles. The summed E-state index contributed by atoms with van der Waals surface area (Å²) in [6.45, 7) is 19.4. The minimum Gasteiger partial charge on any atom is -0.430 e. The van der Waals surface area contributed by atoms with Gasteiger partial charge in [0.1, 0.15) is 0 Å². The van der Waals surface area contributed by atoms with Crippen molar-refractivity contribution in [3.05, 3.63) is 0 Å². The fraction of sp³-hybridized carbons (Fsp3) is 1.00. The molecule has 0 radical (unpaired) electrons. The van der Waals surface area contributed by atoms with Crippen LogP contribution >= 0.6 is 8.60 Å². The number of hydrogen-bond donors (Lipinski definition) is 3. The molecule has 0 aliphatic heterocycles. The second-order valence-electron chi connectivity index (χ2n) is 7.25. The first-order chi connectivity index (χ1) is 8.52. The van der Waals surface area contributed by atoms with Gasteiger partial charge in [-0.25, -0.2) is 0 Å². The van der Waals surface area contributed by atoms with Crippen molar-refractivity contribution in [3.63, 3.8) is 0 Å². The molecular formula is C9H30BO6PSi3. The molecule has 122 valence electrons. The van der Waals surface area contributed by atoms with E-state index in [2.05, 4.69) is 58.9 Å². The molecule has 0 aromatic rings. The summed E-state index contributed by atoms with van der Waals surface area (Å²) in [5.74, 6) is 0. The van der Waals surface area contributed by atoms with Crippen LogP contribution in [0.25, 0.3) is 0 Å². The monoisotopic (exact) mass is 360 g/mol. The van der Waals surface area contributed by atoms with Crippen LogP contribution < -0.4 is 0 Å². The lowest BCUT2D eigenvalue weighted by atomic mass is 10.3. The van der Waals surface area contributed by atoms with Gasteiger partial charge in [-0.05, 0) is 58.9 Å². The fourth-order valence-electron chi connectivity index (χ4n) is 0.938. The molecular weight excluding hydrogens is 330 g/mol. The Balaban J connectivity index is 0. The van der Waals surface area contributed by atoms with Gasteiger partial charge in [-0.2, -0.15) is 0 Å². The summed E-state index contributed by atoms with van der Waals surface area (Å²) in [5.41, 5.74) is 0. The van der Waals surface area contributed by atoms with Gasteiger partial charge in [0.2, 0.25) is 0 Å². The van der Waals surface area contributed by atoms with E-state index in [9.17, 15) is 0 Å². The van der Waals surface area contributed by atoms with Crippen LogP contribution in [-0.2, 0) is 13.0 Å². The second kappa shape index (κ2) is 9.14. The first-order valence-electron chi connectivity index (χ1n) is 6.42. The largest absolute Gasteiger partial charge is 0.606 e. The van der Waals surface area contributed by atoms with Gasteiger partial charge in [-0.3, -0.25) is 0 Å². The van der Waals surface area contributed by atoms with Crippen LogP contribution in [0, 0.1) is 0 Å². The molecule has 0 amide bonds. The average molecular weight is 360 g/mol. The van der Waals surface area contributed by atoms with Crippen LogP contribution in [-0.4, -0.2) is 47.0 Å². The first-order valence-corrected chi connectivity index (χ1v) is 17.8. The standard InChI is InChI=1S/C9H27BO3Si3.H3O3P/c1-14(2,3)11-10(12-15(4,5)6)13-16(7,8)9;1-4(2)3/h1-9H3;1-3H. The third-order valence-electron chi connectivity index (χ3n) is 1.35. The first kappa shape index (κ1) is 23.2. The van der Waals surface area contributed by atoms with Gasteiger partial charge >= 0.3 is 15.9 Å². The SMILES string of the molecule is C[Si](C)(C)OB(O[Si](C)(C)C)O[Si](C)(C)C.OP(O)O. The van der Waals surface area contributed by atoms with Gasteiger partial charge in [-0.15, -0.1) is 0 Å². The van der Waals surface area contributed by atoms with Crippen molar-refractivity contribution in [2.75, 3.05) is 0 Å². The maximum Gasteiger partial charge on any atom is 0.606 e. The summed E-state index contributed by atoms with van der Waals surface area (Å²) in [7, 11) is -7.95. The van der Waals surface area contributed by atoms with Gasteiger partial charge < -0.3 is 27.7 Å². The molecule has 20 heavy (non-hydrogen) atoms. The summed E-state index contributed by atoms with van der Waals surface area (Å²) in [6.07, 6.45) is 0. The van der Waals surface area contributed by atoms with Gasteiger partial charge in [0.25, 0.3) is 0 Å². The third kappa shape index (κ3) is 24.0. The van der Waals surface area contributed by atoms with E-state index >= 15 is 0 Å². The van der Waals surface area contributed by atoms with Gasteiger partial charge in [0, 0.05) is 0 Å². The van der Waals surface area contributed by atoms with Crippen molar-refractivity contribution >= 4 is 40.9 Å². The maximum atomic E-state index is 7.23. The van der Waals surface area contributed by atoms with Crippen molar-refractivity contribution in [3.8, 4) is 0 Å². The molecule has 0 unspecified atom stereocenters. The van der Waals surface area contributed by atoms with Crippen molar-refractivity contribution in [2.24, 2.45) is 0 Å². The third-order valence-corrected chi connectivity index (χ3v) is 4.05. The van der Waals surface area contributed by atoms with Crippen LogP contribution in [0.2, 0.25) is 58.9 Å². The Bertz CT molecular complexity index is 223. The Morgan fingerprint density at radius 1 is 0.600 bits per heavy atom. The summed E-state index contributed by atoms with van der Waals surface area (Å²) < 4.78 is 17.9. The Morgan fingerprint density at radius 3 is 0.850 bits per heavy atom. The zero-order chi connectivity index (χ0) is 16.8. The van der Waals surface area contributed by atoms with E-state index in [0.717, 1.165) is 0 Å². The maximum absolute atomic E-state index is 7.23. The lowest BCUT2D eigenvalue weighted by Crippen LogP contribution is -2.49. The quantitative estimate of drug-likeness (QED) is 0.499. The highest BCUT2D eigenvalue weighted by Crippen LogP contribution is 2.16. The lowest BCUT2D eigenvalue weighted by Gasteiger charge is -2.31. The van der Waals surface area contributed by atoms with Crippen molar-refractivity contribution in [1.29, 1.82) is 0 Å². The molecule has 3 N–H and O–H groups in total. The Labute approximate surface area is 128 Å². The second-order valence-corrected chi connectivity index (χ2v) is 21.2. The minimum atomic E-state index is -2.62. The molecule has 0 spiro atoms. The van der Waals surface area contributed by atoms with Crippen LogP contribution in [0.5, 0.6) is 0 Å². The lowest BCUT2D eigenvalue weighted by molar-refractivity contribution is 0.300. The van der Waals surface area contributed by atoms with E-state index in [0.29, 0.717) is 0 Å². The molecule has 0 aliphatic carbocycles. The molecule has 0 bridgehead atoms. The average Bonchev–Trinajstić information content (AvgIpc) is 1.88. The zero-order valence-electron chi connectivity index (χ0n) is 14.1. The van der Waals surface area contributed by atoms with E-state index in [1.54, 1.807) is 0 Å².